The van der Waals surface area contributed by atoms with Gasteiger partial charge in [0.15, 0.2) is 0 Å². The van der Waals surface area contributed by atoms with Crippen LogP contribution in [-0.4, -0.2) is 20.6 Å². The van der Waals surface area contributed by atoms with Gasteiger partial charge in [-0.2, -0.15) is 0 Å². The van der Waals surface area contributed by atoms with Crippen LogP contribution in [0.1, 0.15) is 0 Å². The third-order valence-corrected chi connectivity index (χ3v) is 0. The molecule has 0 spiro atoms. The quantitative estimate of drug-likeness (QED) is 0.379. The van der Waals surface area contributed by atoms with Crippen LogP contribution in [-0.2, 0) is 16.8 Å². The van der Waals surface area contributed by atoms with Crippen LogP contribution < -0.4 is 0 Å². The molecule has 0 unspecified atom stereocenters. The van der Waals surface area contributed by atoms with Crippen molar-refractivity contribution < 1.29 is 37.4 Å². The summed E-state index contributed by atoms with van der Waals surface area (Å²) in [7, 11) is 0. The minimum Gasteiger partial charge on any atom is -0.328 e. The summed E-state index contributed by atoms with van der Waals surface area (Å²) >= 11 is 0. The fourth-order valence-corrected chi connectivity index (χ4v) is 0. The number of rotatable bonds is 0. The molecule has 0 saturated carbocycles. The average Bonchev–Trinajstić information content (AvgIpc) is 1.25. The average molecular weight is 185 g/mol. The SMILES string of the molecule is O=[N+]([O-])O.O=[N+]([O-])O.[Co]. The van der Waals surface area contributed by atoms with Gasteiger partial charge in [0.1, 0.15) is 0 Å². The molecule has 0 rings (SSSR count). The fourth-order valence-electron chi connectivity index (χ4n) is 0. The van der Waals surface area contributed by atoms with Gasteiger partial charge in [0, 0.05) is 16.8 Å². The van der Waals surface area contributed by atoms with Crippen LogP contribution in [0.2, 0.25) is 0 Å². The van der Waals surface area contributed by atoms with Crippen LogP contribution in [0.15, 0.2) is 0 Å². The minimum atomic E-state index is -1.50. The first-order valence-electron chi connectivity index (χ1n) is 1.13. The standard InChI is InChI=1S/Co.2HNO3/c;2*2-1(3)4/h;2*(H,2,3,4). The van der Waals surface area contributed by atoms with E-state index in [2.05, 4.69) is 0 Å². The molecule has 0 aromatic rings. The number of hydrogen-bond donors (Lipinski definition) is 2. The van der Waals surface area contributed by atoms with Crippen molar-refractivity contribution in [3.63, 3.8) is 0 Å². The second-order valence-corrected chi connectivity index (χ2v) is 0.476. The minimum absolute atomic E-state index is 0. The topological polar surface area (TPSA) is 127 Å². The molecule has 0 aliphatic rings. The van der Waals surface area contributed by atoms with Crippen molar-refractivity contribution >= 4 is 0 Å². The molecular formula is H2CoN2O6. The van der Waals surface area contributed by atoms with Crippen molar-refractivity contribution in [2.24, 2.45) is 0 Å². The van der Waals surface area contributed by atoms with E-state index in [0.717, 1.165) is 0 Å². The van der Waals surface area contributed by atoms with Gasteiger partial charge < -0.3 is 10.4 Å². The van der Waals surface area contributed by atoms with Crippen molar-refractivity contribution in [1.82, 2.24) is 0 Å². The summed E-state index contributed by atoms with van der Waals surface area (Å²) in [6, 6.07) is 0. The van der Waals surface area contributed by atoms with Crippen molar-refractivity contribution in [3.8, 4) is 0 Å². The van der Waals surface area contributed by atoms with E-state index < -0.39 is 10.2 Å². The third kappa shape index (κ3) is 139. The molecule has 0 atom stereocenters. The summed E-state index contributed by atoms with van der Waals surface area (Å²) in [5.41, 5.74) is 0. The summed E-state index contributed by atoms with van der Waals surface area (Å²) in [4.78, 5) is 16.7. The Bertz CT molecular complexity index is 69.1. The number of nitrogens with zero attached hydrogens (tertiary/aromatic N) is 2. The predicted octanol–water partition coefficient (Wildman–Crippen LogP) is -0.698. The first-order valence-corrected chi connectivity index (χ1v) is 1.13. The van der Waals surface area contributed by atoms with E-state index in [1.54, 1.807) is 0 Å². The van der Waals surface area contributed by atoms with Gasteiger partial charge in [-0.25, -0.2) is 0 Å². The van der Waals surface area contributed by atoms with Gasteiger partial charge in [0.25, 0.3) is 10.2 Å². The summed E-state index contributed by atoms with van der Waals surface area (Å²) in [5.74, 6) is 0. The van der Waals surface area contributed by atoms with Crippen molar-refractivity contribution in [3.05, 3.63) is 20.2 Å². The zero-order valence-electron chi connectivity index (χ0n) is 3.76. The van der Waals surface area contributed by atoms with E-state index in [-0.39, 0.29) is 16.8 Å². The van der Waals surface area contributed by atoms with Crippen molar-refractivity contribution in [2.75, 3.05) is 0 Å². The van der Waals surface area contributed by atoms with Gasteiger partial charge in [0.05, 0.1) is 0 Å². The molecule has 2 N–H and O–H groups in total. The Morgan fingerprint density at radius 2 is 1.00 bits per heavy atom. The molecule has 9 heteroatoms. The Morgan fingerprint density at radius 1 is 1.00 bits per heavy atom. The molecule has 9 heavy (non-hydrogen) atoms. The molecular weight excluding hydrogens is 183 g/mol. The van der Waals surface area contributed by atoms with Crippen LogP contribution in [0.5, 0.6) is 0 Å². The van der Waals surface area contributed by atoms with Crippen LogP contribution in [0.4, 0.5) is 0 Å². The maximum Gasteiger partial charge on any atom is 0.291 e. The molecule has 0 aromatic heterocycles. The molecule has 0 fully saturated rings. The Balaban J connectivity index is -0.0000000720. The monoisotopic (exact) mass is 185 g/mol. The van der Waals surface area contributed by atoms with Gasteiger partial charge in [-0.05, 0) is 0 Å². The molecule has 0 bridgehead atoms. The number of hydrogen-bond acceptors (Lipinski definition) is 4. The van der Waals surface area contributed by atoms with E-state index in [0.29, 0.717) is 0 Å². The molecule has 0 aliphatic carbocycles. The molecule has 0 aliphatic heterocycles. The molecule has 8 nitrogen and oxygen atoms in total. The second kappa shape index (κ2) is 10.0. The van der Waals surface area contributed by atoms with Gasteiger partial charge in [-0.3, -0.25) is 0 Å². The van der Waals surface area contributed by atoms with Gasteiger partial charge in [0.2, 0.25) is 0 Å². The Morgan fingerprint density at radius 3 is 1.00 bits per heavy atom. The largest absolute Gasteiger partial charge is 0.328 e. The molecule has 0 aromatic carbocycles. The van der Waals surface area contributed by atoms with Crippen molar-refractivity contribution in [2.45, 2.75) is 0 Å². The van der Waals surface area contributed by atoms with E-state index in [9.17, 15) is 0 Å². The Labute approximate surface area is 58.5 Å². The first-order chi connectivity index (χ1) is 3.46. The predicted molar refractivity (Wildman–Crippen MR) is 17.6 cm³/mol. The van der Waals surface area contributed by atoms with Gasteiger partial charge in [-0.15, -0.1) is 20.2 Å². The molecule has 57 valence electrons. The van der Waals surface area contributed by atoms with E-state index in [1.807, 2.05) is 0 Å². The molecule has 0 saturated heterocycles. The maximum atomic E-state index is 8.36. The Kier molecular flexibility index (Phi) is 17.4. The molecule has 0 amide bonds. The van der Waals surface area contributed by atoms with E-state index in [1.165, 1.54) is 0 Å². The van der Waals surface area contributed by atoms with Crippen LogP contribution in [0, 0.1) is 20.2 Å². The van der Waals surface area contributed by atoms with Crippen LogP contribution in [0.25, 0.3) is 0 Å². The molecule has 1 radical (unpaired) electrons. The fraction of sp³-hybridized carbons (Fsp3) is 0. The maximum absolute atomic E-state index is 8.36. The summed E-state index contributed by atoms with van der Waals surface area (Å²) in [6.45, 7) is 0. The van der Waals surface area contributed by atoms with E-state index in [4.69, 9.17) is 30.6 Å². The first kappa shape index (κ1) is 15.7. The zero-order valence-corrected chi connectivity index (χ0v) is 4.80. The summed E-state index contributed by atoms with van der Waals surface area (Å²) in [5, 5.41) is 27.3. The van der Waals surface area contributed by atoms with Gasteiger partial charge >= 0.3 is 0 Å². The van der Waals surface area contributed by atoms with E-state index >= 15 is 0 Å². The smallest absolute Gasteiger partial charge is 0.291 e. The van der Waals surface area contributed by atoms with Crippen LogP contribution in [0.3, 0.4) is 0 Å². The Hall–Kier alpha value is -1.09. The zero-order chi connectivity index (χ0) is 7.15. The third-order valence-electron chi connectivity index (χ3n) is 0. The summed E-state index contributed by atoms with van der Waals surface area (Å²) in [6.07, 6.45) is 0. The summed E-state index contributed by atoms with van der Waals surface area (Å²) < 4.78 is 0. The van der Waals surface area contributed by atoms with Crippen molar-refractivity contribution in [1.29, 1.82) is 0 Å². The normalized spacial score (nSPS) is 5.33. The molecule has 0 heterocycles. The second-order valence-electron chi connectivity index (χ2n) is 0.476. The van der Waals surface area contributed by atoms with Gasteiger partial charge in [-0.1, -0.05) is 0 Å². The van der Waals surface area contributed by atoms with Crippen LogP contribution >= 0.6 is 0 Å².